The van der Waals surface area contributed by atoms with Crippen LogP contribution in [-0.4, -0.2) is 48.4 Å². The molecule has 0 N–H and O–H groups in total. The maximum atomic E-state index is 11.6. The fourth-order valence-corrected chi connectivity index (χ4v) is 2.26. The zero-order valence-corrected chi connectivity index (χ0v) is 11.5. The first-order valence-electron chi connectivity index (χ1n) is 6.88. The molecule has 1 aromatic carbocycles. The van der Waals surface area contributed by atoms with Crippen LogP contribution in [0.25, 0.3) is 6.08 Å². The Morgan fingerprint density at radius 1 is 1.20 bits per heavy atom. The maximum Gasteiger partial charge on any atom is 0.236 e. The first kappa shape index (κ1) is 14.3. The fourth-order valence-electron chi connectivity index (χ4n) is 2.26. The number of benzene rings is 1. The lowest BCUT2D eigenvalue weighted by Gasteiger charge is -2.33. The fraction of sp³-hybridized carbons (Fsp3) is 0.375. The molecule has 0 aliphatic carbocycles. The zero-order chi connectivity index (χ0) is 14.2. The molecule has 1 aromatic rings. The van der Waals surface area contributed by atoms with Gasteiger partial charge in [0.2, 0.25) is 5.91 Å². The van der Waals surface area contributed by atoms with Crippen LogP contribution in [0.5, 0.6) is 0 Å². The molecule has 0 unspecified atom stereocenters. The summed E-state index contributed by atoms with van der Waals surface area (Å²) in [6.07, 6.45) is 4.27. The van der Waals surface area contributed by atoms with Gasteiger partial charge in [0.15, 0.2) is 0 Å². The molecule has 4 heteroatoms. The number of nitriles is 1. The van der Waals surface area contributed by atoms with Gasteiger partial charge in [-0.15, -0.1) is 0 Å². The zero-order valence-electron chi connectivity index (χ0n) is 11.5. The molecule has 104 valence electrons. The van der Waals surface area contributed by atoms with Gasteiger partial charge < -0.3 is 4.90 Å². The van der Waals surface area contributed by atoms with Gasteiger partial charge in [-0.2, -0.15) is 5.26 Å². The first-order valence-corrected chi connectivity index (χ1v) is 6.88. The van der Waals surface area contributed by atoms with Gasteiger partial charge in [-0.25, -0.2) is 0 Å². The standard InChI is InChI=1S/C16H19N3O/c17-9-8-16(20)19-13-11-18(12-14-19)10-4-7-15-5-2-1-3-6-15/h1-7H,8,10-14H2/b7-4+. The smallest absolute Gasteiger partial charge is 0.236 e. The van der Waals surface area contributed by atoms with Crippen molar-refractivity contribution in [2.24, 2.45) is 0 Å². The molecule has 1 fully saturated rings. The van der Waals surface area contributed by atoms with E-state index in [2.05, 4.69) is 29.2 Å². The number of piperazine rings is 1. The van der Waals surface area contributed by atoms with Crippen LogP contribution in [0, 0.1) is 11.3 Å². The molecule has 0 atom stereocenters. The molecule has 0 radical (unpaired) electrons. The van der Waals surface area contributed by atoms with E-state index in [-0.39, 0.29) is 12.3 Å². The van der Waals surface area contributed by atoms with Crippen molar-refractivity contribution in [3.8, 4) is 6.07 Å². The highest BCUT2D eigenvalue weighted by Gasteiger charge is 2.19. The summed E-state index contributed by atoms with van der Waals surface area (Å²) < 4.78 is 0. The number of carbonyl (C=O) groups is 1. The molecule has 1 aliphatic rings. The lowest BCUT2D eigenvalue weighted by Crippen LogP contribution is -2.48. The monoisotopic (exact) mass is 269 g/mol. The average Bonchev–Trinajstić information content (AvgIpc) is 2.49. The summed E-state index contributed by atoms with van der Waals surface area (Å²) in [5.41, 5.74) is 1.20. The number of hydrogen-bond acceptors (Lipinski definition) is 3. The van der Waals surface area contributed by atoms with E-state index in [1.54, 1.807) is 4.90 Å². The van der Waals surface area contributed by atoms with Crippen molar-refractivity contribution < 1.29 is 4.79 Å². The van der Waals surface area contributed by atoms with E-state index in [0.29, 0.717) is 0 Å². The molecule has 0 aromatic heterocycles. The van der Waals surface area contributed by atoms with Gasteiger partial charge in [0, 0.05) is 32.7 Å². The number of carbonyl (C=O) groups excluding carboxylic acids is 1. The van der Waals surface area contributed by atoms with Crippen LogP contribution in [0.1, 0.15) is 12.0 Å². The van der Waals surface area contributed by atoms with Crippen LogP contribution in [0.4, 0.5) is 0 Å². The summed E-state index contributed by atoms with van der Waals surface area (Å²) in [6, 6.07) is 12.1. The van der Waals surface area contributed by atoms with Crippen LogP contribution < -0.4 is 0 Å². The van der Waals surface area contributed by atoms with E-state index >= 15 is 0 Å². The SMILES string of the molecule is N#CCC(=O)N1CCN(C/C=C/c2ccccc2)CC1. The summed E-state index contributed by atoms with van der Waals surface area (Å²) in [7, 11) is 0. The predicted molar refractivity (Wildman–Crippen MR) is 78.7 cm³/mol. The molecule has 0 saturated carbocycles. The van der Waals surface area contributed by atoms with Gasteiger partial charge in [-0.05, 0) is 5.56 Å². The van der Waals surface area contributed by atoms with Gasteiger partial charge in [0.05, 0.1) is 6.07 Å². The Morgan fingerprint density at radius 2 is 1.90 bits per heavy atom. The van der Waals surface area contributed by atoms with Crippen molar-refractivity contribution in [2.75, 3.05) is 32.7 Å². The summed E-state index contributed by atoms with van der Waals surface area (Å²) in [5.74, 6) is -0.0491. The first-order chi connectivity index (χ1) is 9.79. The highest BCUT2D eigenvalue weighted by molar-refractivity contribution is 5.78. The minimum absolute atomic E-state index is 0.00604. The van der Waals surface area contributed by atoms with Gasteiger partial charge in [-0.1, -0.05) is 42.5 Å². The Labute approximate surface area is 119 Å². The number of nitrogens with zero attached hydrogens (tertiary/aromatic N) is 3. The van der Waals surface area contributed by atoms with Crippen molar-refractivity contribution >= 4 is 12.0 Å². The largest absolute Gasteiger partial charge is 0.339 e. The lowest BCUT2D eigenvalue weighted by molar-refractivity contribution is -0.131. The molecule has 0 bridgehead atoms. The summed E-state index contributed by atoms with van der Waals surface area (Å²) >= 11 is 0. The highest BCUT2D eigenvalue weighted by Crippen LogP contribution is 2.05. The van der Waals surface area contributed by atoms with Crippen LogP contribution in [-0.2, 0) is 4.79 Å². The molecule has 1 heterocycles. The van der Waals surface area contributed by atoms with Crippen molar-refractivity contribution in [3.63, 3.8) is 0 Å². The van der Waals surface area contributed by atoms with Crippen molar-refractivity contribution in [1.29, 1.82) is 5.26 Å². The second-order valence-corrected chi connectivity index (χ2v) is 4.83. The second-order valence-electron chi connectivity index (χ2n) is 4.83. The Balaban J connectivity index is 1.74. The van der Waals surface area contributed by atoms with Crippen LogP contribution in [0.15, 0.2) is 36.4 Å². The number of hydrogen-bond donors (Lipinski definition) is 0. The third kappa shape index (κ3) is 4.22. The van der Waals surface area contributed by atoms with E-state index in [9.17, 15) is 4.79 Å². The Kier molecular flexibility index (Phi) is 5.33. The van der Waals surface area contributed by atoms with Gasteiger partial charge in [0.1, 0.15) is 6.42 Å². The van der Waals surface area contributed by atoms with Crippen molar-refractivity contribution in [3.05, 3.63) is 42.0 Å². The number of amides is 1. The molecular weight excluding hydrogens is 250 g/mol. The Hall–Kier alpha value is -2.12. The summed E-state index contributed by atoms with van der Waals surface area (Å²) in [5, 5.41) is 8.53. The minimum atomic E-state index is -0.0491. The predicted octanol–water partition coefficient (Wildman–Crippen LogP) is 1.76. The third-order valence-corrected chi connectivity index (χ3v) is 3.43. The second kappa shape index (κ2) is 7.46. The van der Waals surface area contributed by atoms with Crippen LogP contribution in [0.3, 0.4) is 0 Å². The van der Waals surface area contributed by atoms with Crippen LogP contribution >= 0.6 is 0 Å². The molecule has 20 heavy (non-hydrogen) atoms. The lowest BCUT2D eigenvalue weighted by atomic mass is 10.2. The van der Waals surface area contributed by atoms with E-state index in [1.807, 2.05) is 24.3 Å². The average molecular weight is 269 g/mol. The third-order valence-electron chi connectivity index (χ3n) is 3.43. The van der Waals surface area contributed by atoms with Gasteiger partial charge in [0.25, 0.3) is 0 Å². The topological polar surface area (TPSA) is 47.3 Å². The van der Waals surface area contributed by atoms with E-state index in [0.717, 1.165) is 32.7 Å². The molecular formula is C16H19N3O. The molecule has 0 spiro atoms. The van der Waals surface area contributed by atoms with Crippen molar-refractivity contribution in [2.45, 2.75) is 6.42 Å². The van der Waals surface area contributed by atoms with Gasteiger partial charge >= 0.3 is 0 Å². The molecule has 1 saturated heterocycles. The quantitative estimate of drug-likeness (QED) is 0.836. The molecule has 1 amide bonds. The van der Waals surface area contributed by atoms with E-state index < -0.39 is 0 Å². The Bertz CT molecular complexity index is 496. The molecule has 2 rings (SSSR count). The normalized spacial score (nSPS) is 16.2. The van der Waals surface area contributed by atoms with E-state index in [1.165, 1.54) is 5.56 Å². The van der Waals surface area contributed by atoms with E-state index in [4.69, 9.17) is 5.26 Å². The molecule has 4 nitrogen and oxygen atoms in total. The molecule has 1 aliphatic heterocycles. The minimum Gasteiger partial charge on any atom is -0.339 e. The Morgan fingerprint density at radius 3 is 2.55 bits per heavy atom. The van der Waals surface area contributed by atoms with Gasteiger partial charge in [-0.3, -0.25) is 9.69 Å². The summed E-state index contributed by atoms with van der Waals surface area (Å²) in [4.78, 5) is 15.7. The summed E-state index contributed by atoms with van der Waals surface area (Å²) in [6.45, 7) is 4.08. The number of rotatable bonds is 4. The van der Waals surface area contributed by atoms with Crippen molar-refractivity contribution in [1.82, 2.24) is 9.80 Å². The maximum absolute atomic E-state index is 11.6. The van der Waals surface area contributed by atoms with Crippen LogP contribution in [0.2, 0.25) is 0 Å². The highest BCUT2D eigenvalue weighted by atomic mass is 16.2.